The van der Waals surface area contributed by atoms with Crippen LogP contribution in [0.5, 0.6) is 11.5 Å². The number of amides is 1. The van der Waals surface area contributed by atoms with Gasteiger partial charge in [-0.2, -0.15) is 13.5 Å². The minimum atomic E-state index is -4.33. The number of nitrogens with zero attached hydrogens (tertiary/aromatic N) is 2. The molecule has 4 aromatic carbocycles. The summed E-state index contributed by atoms with van der Waals surface area (Å²) < 4.78 is 36.8. The molecule has 10 nitrogen and oxygen atoms in total. The Kier molecular flexibility index (Phi) is 8.03. The van der Waals surface area contributed by atoms with Gasteiger partial charge in [-0.05, 0) is 69.5 Å². The Morgan fingerprint density at radius 3 is 2.50 bits per heavy atom. The standard InChI is InChI=1S/C26H20BrN3O7S/c1-2-36-24-15-17(16-28-29-26(31)22-9-5-7-18-6-3-4-8-21(18)22)14-23(27)25(24)37-38(34,35)20-12-10-19(11-13-20)30(32)33/h3-16H,2H2,1H3,(H,29,31)/b28-16-. The number of carbonyl (C=O) groups is 1. The molecule has 0 radical (unpaired) electrons. The van der Waals surface area contributed by atoms with Crippen LogP contribution in [0.25, 0.3) is 10.8 Å². The van der Waals surface area contributed by atoms with E-state index in [-0.39, 0.29) is 33.2 Å². The largest absolute Gasteiger partial charge is 0.490 e. The van der Waals surface area contributed by atoms with Gasteiger partial charge in [0.1, 0.15) is 4.90 Å². The first-order valence-corrected chi connectivity index (χ1v) is 13.4. The van der Waals surface area contributed by atoms with Crippen molar-refractivity contribution in [1.29, 1.82) is 0 Å². The SMILES string of the molecule is CCOc1cc(/C=N\NC(=O)c2cccc3ccccc23)cc(Br)c1OS(=O)(=O)c1ccc([N+](=O)[O-])cc1. The van der Waals surface area contributed by atoms with Crippen LogP contribution in [-0.2, 0) is 10.1 Å². The zero-order chi connectivity index (χ0) is 27.3. The van der Waals surface area contributed by atoms with Crippen molar-refractivity contribution in [3.8, 4) is 11.5 Å². The number of nitrogens with one attached hydrogen (secondary N) is 1. The Hall–Kier alpha value is -4.29. The summed E-state index contributed by atoms with van der Waals surface area (Å²) in [5.74, 6) is -0.396. The number of nitro benzene ring substituents is 1. The van der Waals surface area contributed by atoms with Gasteiger partial charge in [-0.15, -0.1) is 0 Å². The molecule has 0 aliphatic carbocycles. The molecular formula is C26H20BrN3O7S. The van der Waals surface area contributed by atoms with Gasteiger partial charge in [-0.1, -0.05) is 36.4 Å². The minimum absolute atomic E-state index is 0.106. The number of fused-ring (bicyclic) bond motifs is 1. The zero-order valence-electron chi connectivity index (χ0n) is 19.8. The molecule has 194 valence electrons. The van der Waals surface area contributed by atoms with Gasteiger partial charge in [-0.3, -0.25) is 14.9 Å². The normalized spacial score (nSPS) is 11.4. The second-order valence-electron chi connectivity index (χ2n) is 7.78. The number of hydrogen-bond acceptors (Lipinski definition) is 8. The van der Waals surface area contributed by atoms with Crippen molar-refractivity contribution in [2.24, 2.45) is 5.10 Å². The highest BCUT2D eigenvalue weighted by Gasteiger charge is 2.23. The van der Waals surface area contributed by atoms with Gasteiger partial charge in [-0.25, -0.2) is 5.43 Å². The summed E-state index contributed by atoms with van der Waals surface area (Å²) >= 11 is 3.30. The van der Waals surface area contributed by atoms with Crippen molar-refractivity contribution in [3.05, 3.63) is 105 Å². The van der Waals surface area contributed by atoms with Crippen LogP contribution >= 0.6 is 15.9 Å². The fourth-order valence-corrected chi connectivity index (χ4v) is 5.15. The molecule has 0 saturated heterocycles. The summed E-state index contributed by atoms with van der Waals surface area (Å²) in [7, 11) is -4.33. The number of ether oxygens (including phenoxy) is 1. The number of nitro groups is 1. The molecule has 38 heavy (non-hydrogen) atoms. The van der Waals surface area contributed by atoms with Gasteiger partial charge in [0.2, 0.25) is 0 Å². The van der Waals surface area contributed by atoms with E-state index in [9.17, 15) is 23.3 Å². The second kappa shape index (κ2) is 11.4. The maximum Gasteiger partial charge on any atom is 0.339 e. The number of rotatable bonds is 9. The van der Waals surface area contributed by atoms with Gasteiger partial charge in [0.25, 0.3) is 11.6 Å². The van der Waals surface area contributed by atoms with Crippen molar-refractivity contribution in [3.63, 3.8) is 0 Å². The maximum atomic E-state index is 12.8. The number of hydrazone groups is 1. The van der Waals surface area contributed by atoms with Crippen LogP contribution in [0.2, 0.25) is 0 Å². The van der Waals surface area contributed by atoms with E-state index in [2.05, 4.69) is 26.5 Å². The van der Waals surface area contributed by atoms with Gasteiger partial charge >= 0.3 is 10.1 Å². The third-order valence-corrected chi connectivity index (χ3v) is 7.10. The molecule has 0 aliphatic heterocycles. The highest BCUT2D eigenvalue weighted by Crippen LogP contribution is 2.38. The average Bonchev–Trinajstić information content (AvgIpc) is 2.90. The first-order chi connectivity index (χ1) is 18.2. The van der Waals surface area contributed by atoms with Gasteiger partial charge in [0.05, 0.1) is 22.2 Å². The number of halogens is 1. The highest BCUT2D eigenvalue weighted by atomic mass is 79.9. The fraction of sp³-hybridized carbons (Fsp3) is 0.0769. The summed E-state index contributed by atoms with van der Waals surface area (Å²) in [5, 5.41) is 16.6. The first kappa shape index (κ1) is 26.8. The van der Waals surface area contributed by atoms with Crippen molar-refractivity contribution in [2.45, 2.75) is 11.8 Å². The molecule has 4 rings (SSSR count). The molecule has 1 amide bonds. The third kappa shape index (κ3) is 5.98. The third-order valence-electron chi connectivity index (χ3n) is 5.27. The lowest BCUT2D eigenvalue weighted by molar-refractivity contribution is -0.384. The van der Waals surface area contributed by atoms with Crippen LogP contribution in [0.15, 0.2) is 93.3 Å². The van der Waals surface area contributed by atoms with E-state index < -0.39 is 20.9 Å². The molecule has 0 spiro atoms. The highest BCUT2D eigenvalue weighted by molar-refractivity contribution is 9.10. The summed E-state index contributed by atoms with van der Waals surface area (Å²) in [6.07, 6.45) is 1.38. The lowest BCUT2D eigenvalue weighted by Crippen LogP contribution is -2.18. The predicted molar refractivity (Wildman–Crippen MR) is 145 cm³/mol. The topological polar surface area (TPSA) is 137 Å². The Morgan fingerprint density at radius 2 is 1.79 bits per heavy atom. The van der Waals surface area contributed by atoms with E-state index in [0.29, 0.717) is 11.1 Å². The average molecular weight is 598 g/mol. The fourth-order valence-electron chi connectivity index (χ4n) is 3.55. The van der Waals surface area contributed by atoms with E-state index >= 15 is 0 Å². The Bertz CT molecular complexity index is 1650. The lowest BCUT2D eigenvalue weighted by atomic mass is 10.0. The van der Waals surface area contributed by atoms with Crippen LogP contribution in [0.3, 0.4) is 0 Å². The van der Waals surface area contributed by atoms with Crippen molar-refractivity contribution in [2.75, 3.05) is 6.61 Å². The molecule has 0 bridgehead atoms. The number of hydrogen-bond donors (Lipinski definition) is 1. The molecule has 0 heterocycles. The Balaban J connectivity index is 1.55. The van der Waals surface area contributed by atoms with Crippen molar-refractivity contribution < 1.29 is 27.1 Å². The van der Waals surface area contributed by atoms with Gasteiger partial charge < -0.3 is 8.92 Å². The molecule has 0 aromatic heterocycles. The maximum absolute atomic E-state index is 12.8. The summed E-state index contributed by atoms with van der Waals surface area (Å²) in [6, 6.07) is 20.2. The zero-order valence-corrected chi connectivity index (χ0v) is 22.2. The van der Waals surface area contributed by atoms with Crippen LogP contribution in [0.1, 0.15) is 22.8 Å². The van der Waals surface area contributed by atoms with Crippen molar-refractivity contribution in [1.82, 2.24) is 5.43 Å². The first-order valence-electron chi connectivity index (χ1n) is 11.2. The molecular weight excluding hydrogens is 578 g/mol. The molecule has 0 fully saturated rings. The smallest absolute Gasteiger partial charge is 0.339 e. The molecule has 0 atom stereocenters. The summed E-state index contributed by atoms with van der Waals surface area (Å²) in [6.45, 7) is 1.92. The number of non-ortho nitro benzene ring substituents is 1. The monoisotopic (exact) mass is 597 g/mol. The summed E-state index contributed by atoms with van der Waals surface area (Å²) in [4.78, 5) is 22.7. The van der Waals surface area contributed by atoms with E-state index in [1.807, 2.05) is 30.3 Å². The molecule has 1 N–H and O–H groups in total. The Labute approximate surface area is 226 Å². The second-order valence-corrected chi connectivity index (χ2v) is 10.2. The van der Waals surface area contributed by atoms with Crippen LogP contribution in [0, 0.1) is 10.1 Å². The molecule has 4 aromatic rings. The van der Waals surface area contributed by atoms with E-state index in [1.165, 1.54) is 18.3 Å². The molecule has 0 aliphatic rings. The van der Waals surface area contributed by atoms with E-state index in [1.54, 1.807) is 19.1 Å². The van der Waals surface area contributed by atoms with E-state index in [0.717, 1.165) is 35.0 Å². The quantitative estimate of drug-likeness (QED) is 0.117. The van der Waals surface area contributed by atoms with Crippen LogP contribution in [0.4, 0.5) is 5.69 Å². The molecule has 0 saturated carbocycles. The van der Waals surface area contributed by atoms with Gasteiger partial charge in [0.15, 0.2) is 11.5 Å². The number of carbonyl (C=O) groups excluding carboxylic acids is 1. The van der Waals surface area contributed by atoms with Crippen LogP contribution in [-0.4, -0.2) is 32.1 Å². The molecule has 0 unspecified atom stereocenters. The minimum Gasteiger partial charge on any atom is -0.490 e. The Morgan fingerprint density at radius 1 is 1.08 bits per heavy atom. The van der Waals surface area contributed by atoms with E-state index in [4.69, 9.17) is 8.92 Å². The van der Waals surface area contributed by atoms with Crippen molar-refractivity contribution >= 4 is 54.6 Å². The number of benzene rings is 4. The summed E-state index contributed by atoms with van der Waals surface area (Å²) in [5.41, 5.74) is 3.20. The molecule has 12 heteroatoms. The van der Waals surface area contributed by atoms with Crippen LogP contribution < -0.4 is 14.3 Å². The van der Waals surface area contributed by atoms with Gasteiger partial charge in [0, 0.05) is 17.7 Å². The lowest BCUT2D eigenvalue weighted by Gasteiger charge is -2.14. The predicted octanol–water partition coefficient (Wildman–Crippen LogP) is 5.44.